The van der Waals surface area contributed by atoms with Gasteiger partial charge in [-0.15, -0.1) is 0 Å². The van der Waals surface area contributed by atoms with Crippen LogP contribution in [0.5, 0.6) is 0 Å². The van der Waals surface area contributed by atoms with Gasteiger partial charge < -0.3 is 4.90 Å². The summed E-state index contributed by atoms with van der Waals surface area (Å²) in [5, 5.41) is 11.9. The Morgan fingerprint density at radius 3 is 2.22 bits per heavy atom. The molecular formula is C34H24N2O5. The largest absolute Gasteiger partial charge is 0.352 e. The second kappa shape index (κ2) is 8.93. The molecule has 0 radical (unpaired) electrons. The molecule has 0 saturated carbocycles. The molecule has 7 heteroatoms. The van der Waals surface area contributed by atoms with E-state index in [1.165, 1.54) is 12.1 Å². The summed E-state index contributed by atoms with van der Waals surface area (Å²) in [5.41, 5.74) is 2.15. The van der Waals surface area contributed by atoms with Crippen LogP contribution in [0.1, 0.15) is 53.7 Å². The molecule has 3 atom stereocenters. The second-order valence-corrected chi connectivity index (χ2v) is 10.9. The van der Waals surface area contributed by atoms with Crippen LogP contribution in [0, 0.1) is 22.5 Å². The lowest BCUT2D eigenvalue weighted by molar-refractivity contribution is -0.384. The van der Waals surface area contributed by atoms with Crippen molar-refractivity contribution in [3.05, 3.63) is 147 Å². The number of aryl methyl sites for hydroxylation is 1. The van der Waals surface area contributed by atoms with E-state index in [0.717, 1.165) is 16.8 Å². The molecular weight excluding hydrogens is 516 g/mol. The van der Waals surface area contributed by atoms with Crippen molar-refractivity contribution in [2.75, 3.05) is 4.90 Å². The highest BCUT2D eigenvalue weighted by Gasteiger charge is 2.71. The summed E-state index contributed by atoms with van der Waals surface area (Å²) >= 11 is 0. The first kappa shape index (κ1) is 24.8. The van der Waals surface area contributed by atoms with E-state index in [1.54, 1.807) is 60.7 Å². The third-order valence-electron chi connectivity index (χ3n) is 8.73. The lowest BCUT2D eigenvalue weighted by atomic mass is 9.64. The van der Waals surface area contributed by atoms with E-state index in [0.29, 0.717) is 22.3 Å². The number of fused-ring (bicyclic) bond motifs is 5. The molecule has 1 saturated heterocycles. The van der Waals surface area contributed by atoms with Gasteiger partial charge in [-0.3, -0.25) is 24.5 Å². The van der Waals surface area contributed by atoms with Crippen LogP contribution < -0.4 is 4.90 Å². The van der Waals surface area contributed by atoms with E-state index in [-0.39, 0.29) is 23.0 Å². The Kier molecular flexibility index (Phi) is 5.41. The monoisotopic (exact) mass is 540 g/mol. The van der Waals surface area contributed by atoms with Gasteiger partial charge in [0, 0.05) is 40.4 Å². The SMILES string of the molecule is Cc1ccc2c(c1)N1[C@@H](C=C2)C2(C(=O)c3ccccc3C2=O)[C@H](c2cccc([N+](=O)[O-])c2)[C@@H]1C(=O)c1ccccc1. The standard InChI is InChI=1S/C34H24N2O5/c1-20-14-15-21-16-17-28-34(32(38)25-12-5-6-13-26(25)33(34)39)29(23-10-7-11-24(19-23)36(40)41)30(35(28)27(21)18-20)31(37)22-8-3-2-4-9-22/h2-19,28-30H,1H3/t28-,29+,30+/m0/s1. The topological polar surface area (TPSA) is 97.6 Å². The predicted molar refractivity (Wildman–Crippen MR) is 154 cm³/mol. The van der Waals surface area contributed by atoms with Gasteiger partial charge in [0.15, 0.2) is 17.3 Å². The molecule has 2 aliphatic heterocycles. The molecule has 0 bridgehead atoms. The smallest absolute Gasteiger partial charge is 0.269 e. The van der Waals surface area contributed by atoms with Crippen molar-refractivity contribution in [1.29, 1.82) is 0 Å². The van der Waals surface area contributed by atoms with Crippen molar-refractivity contribution < 1.29 is 19.3 Å². The minimum atomic E-state index is -1.70. The number of rotatable bonds is 4. The number of benzene rings is 4. The Morgan fingerprint density at radius 1 is 0.854 bits per heavy atom. The lowest BCUT2D eigenvalue weighted by Crippen LogP contribution is -2.48. The number of nitrogens with zero attached hydrogens (tertiary/aromatic N) is 2. The van der Waals surface area contributed by atoms with Crippen molar-refractivity contribution in [2.45, 2.75) is 24.9 Å². The minimum absolute atomic E-state index is 0.171. The van der Waals surface area contributed by atoms with Gasteiger partial charge in [0.2, 0.25) is 0 Å². The lowest BCUT2D eigenvalue weighted by Gasteiger charge is -2.37. The third kappa shape index (κ3) is 3.35. The number of nitro groups is 1. The molecule has 41 heavy (non-hydrogen) atoms. The average molecular weight is 541 g/mol. The van der Waals surface area contributed by atoms with Gasteiger partial charge in [0.05, 0.1) is 11.0 Å². The highest BCUT2D eigenvalue weighted by molar-refractivity contribution is 6.32. The highest BCUT2D eigenvalue weighted by Crippen LogP contribution is 2.61. The molecule has 7 rings (SSSR count). The number of hydrogen-bond donors (Lipinski definition) is 0. The normalized spacial score (nSPS) is 21.5. The van der Waals surface area contributed by atoms with Crippen LogP contribution in [0.3, 0.4) is 0 Å². The van der Waals surface area contributed by atoms with E-state index >= 15 is 0 Å². The third-order valence-corrected chi connectivity index (χ3v) is 8.73. The molecule has 4 aromatic carbocycles. The number of hydrogen-bond acceptors (Lipinski definition) is 6. The zero-order valence-corrected chi connectivity index (χ0v) is 22.1. The van der Waals surface area contributed by atoms with Crippen molar-refractivity contribution in [1.82, 2.24) is 0 Å². The van der Waals surface area contributed by atoms with E-state index in [4.69, 9.17) is 0 Å². The predicted octanol–water partition coefficient (Wildman–Crippen LogP) is 6.22. The summed E-state index contributed by atoms with van der Waals surface area (Å²) in [4.78, 5) is 57.2. The number of carbonyl (C=O) groups is 3. The number of anilines is 1. The fourth-order valence-electron chi connectivity index (χ4n) is 7.05. The molecule has 0 amide bonds. The molecule has 4 aromatic rings. The Hall–Kier alpha value is -5.17. The van der Waals surface area contributed by atoms with Crippen LogP contribution in [0.25, 0.3) is 6.08 Å². The maximum atomic E-state index is 14.6. The van der Waals surface area contributed by atoms with Crippen molar-refractivity contribution in [3.63, 3.8) is 0 Å². The van der Waals surface area contributed by atoms with Gasteiger partial charge >= 0.3 is 0 Å². The maximum Gasteiger partial charge on any atom is 0.269 e. The second-order valence-electron chi connectivity index (χ2n) is 10.9. The van der Waals surface area contributed by atoms with Crippen molar-refractivity contribution in [3.8, 4) is 0 Å². The number of carbonyl (C=O) groups excluding carboxylic acids is 3. The fourth-order valence-corrected chi connectivity index (χ4v) is 7.05. The van der Waals surface area contributed by atoms with Crippen molar-refractivity contribution >= 4 is 34.8 Å². The summed E-state index contributed by atoms with van der Waals surface area (Å²) in [6.45, 7) is 1.95. The zero-order chi connectivity index (χ0) is 28.5. The first-order valence-corrected chi connectivity index (χ1v) is 13.4. The summed E-state index contributed by atoms with van der Waals surface area (Å²) < 4.78 is 0. The van der Waals surface area contributed by atoms with Gasteiger partial charge in [0.1, 0.15) is 11.5 Å². The van der Waals surface area contributed by atoms with E-state index < -0.39 is 28.3 Å². The number of Topliss-reactive ketones (excluding diaryl/α,β-unsaturated/α-hetero) is 3. The molecule has 0 aromatic heterocycles. The van der Waals surface area contributed by atoms with Gasteiger partial charge in [-0.25, -0.2) is 0 Å². The summed E-state index contributed by atoms with van der Waals surface area (Å²) in [6.07, 6.45) is 3.75. The zero-order valence-electron chi connectivity index (χ0n) is 22.1. The van der Waals surface area contributed by atoms with Crippen LogP contribution in [0.4, 0.5) is 11.4 Å². The number of ketones is 3. The molecule has 0 N–H and O–H groups in total. The molecule has 0 unspecified atom stereocenters. The Morgan fingerprint density at radius 2 is 1.54 bits per heavy atom. The molecule has 200 valence electrons. The van der Waals surface area contributed by atoms with Crippen LogP contribution >= 0.6 is 0 Å². The van der Waals surface area contributed by atoms with Gasteiger partial charge in [-0.1, -0.05) is 91.0 Å². The summed E-state index contributed by atoms with van der Waals surface area (Å²) in [7, 11) is 0. The Labute approximate surface area is 235 Å². The van der Waals surface area contributed by atoms with E-state index in [1.807, 2.05) is 48.2 Å². The van der Waals surface area contributed by atoms with Crippen molar-refractivity contribution in [2.24, 2.45) is 5.41 Å². The quantitative estimate of drug-likeness (QED) is 0.132. The first-order chi connectivity index (χ1) is 19.8. The van der Waals surface area contributed by atoms with E-state index in [9.17, 15) is 24.5 Å². The van der Waals surface area contributed by atoms with Gasteiger partial charge in [-0.2, -0.15) is 0 Å². The van der Waals surface area contributed by atoms with Crippen LogP contribution in [-0.2, 0) is 0 Å². The Bertz CT molecular complexity index is 1790. The van der Waals surface area contributed by atoms with Gasteiger partial charge in [-0.05, 0) is 29.7 Å². The average Bonchev–Trinajstić information content (AvgIpc) is 3.43. The van der Waals surface area contributed by atoms with Gasteiger partial charge in [0.25, 0.3) is 5.69 Å². The molecule has 2 heterocycles. The van der Waals surface area contributed by atoms with Crippen LogP contribution in [0.2, 0.25) is 0 Å². The molecule has 1 fully saturated rings. The Balaban J connectivity index is 1.57. The minimum Gasteiger partial charge on any atom is -0.352 e. The number of nitro benzene ring substituents is 1. The van der Waals surface area contributed by atoms with E-state index in [2.05, 4.69) is 0 Å². The maximum absolute atomic E-state index is 14.6. The molecule has 1 aliphatic carbocycles. The summed E-state index contributed by atoms with van der Waals surface area (Å²) in [6, 6.07) is 25.7. The number of non-ortho nitro benzene ring substituents is 1. The molecule has 7 nitrogen and oxygen atoms in total. The summed E-state index contributed by atoms with van der Waals surface area (Å²) in [5.74, 6) is -1.99. The molecule has 1 spiro atoms. The van der Waals surface area contributed by atoms with Crippen LogP contribution in [-0.4, -0.2) is 34.4 Å². The highest BCUT2D eigenvalue weighted by atomic mass is 16.6. The fraction of sp³-hybridized carbons (Fsp3) is 0.147. The first-order valence-electron chi connectivity index (χ1n) is 13.4. The van der Waals surface area contributed by atoms with Crippen LogP contribution in [0.15, 0.2) is 103 Å². The molecule has 3 aliphatic rings.